The van der Waals surface area contributed by atoms with Gasteiger partial charge in [0.2, 0.25) is 0 Å². The van der Waals surface area contributed by atoms with Crippen molar-refractivity contribution in [1.82, 2.24) is 10.2 Å². The predicted octanol–water partition coefficient (Wildman–Crippen LogP) is 0.242. The zero-order valence-electron chi connectivity index (χ0n) is 9.23. The number of hydrogen-bond acceptors (Lipinski definition) is 4. The fourth-order valence-corrected chi connectivity index (χ4v) is 1.96. The van der Waals surface area contributed by atoms with Gasteiger partial charge in [0, 0.05) is 31.9 Å². The number of nitrogens with one attached hydrogen (secondary N) is 1. The maximum absolute atomic E-state index is 10.7. The van der Waals surface area contributed by atoms with Gasteiger partial charge in [0.25, 0.3) is 0 Å². The van der Waals surface area contributed by atoms with Crippen LogP contribution in [-0.2, 0) is 11.3 Å². The Morgan fingerprint density at radius 3 is 2.88 bits per heavy atom. The molecule has 1 fully saturated rings. The van der Waals surface area contributed by atoms with Gasteiger partial charge in [0.05, 0.1) is 6.04 Å². The van der Waals surface area contributed by atoms with E-state index >= 15 is 0 Å². The highest BCUT2D eigenvalue weighted by atomic mass is 16.1. The van der Waals surface area contributed by atoms with Crippen LogP contribution in [-0.4, -0.2) is 36.9 Å². The molecule has 0 bridgehead atoms. The summed E-state index contributed by atoms with van der Waals surface area (Å²) in [5.74, 6) is 0. The van der Waals surface area contributed by atoms with Crippen molar-refractivity contribution in [2.45, 2.75) is 12.6 Å². The Balaban J connectivity index is 1.93. The number of carbonyl (C=O) groups is 1. The molecule has 0 aliphatic carbocycles. The highest BCUT2D eigenvalue weighted by Gasteiger charge is 2.18. The first-order valence-corrected chi connectivity index (χ1v) is 5.53. The molecule has 16 heavy (non-hydrogen) atoms. The Bertz CT molecular complexity index is 350. The minimum absolute atomic E-state index is 0.0254. The molecule has 1 aliphatic heterocycles. The summed E-state index contributed by atoms with van der Waals surface area (Å²) in [4.78, 5) is 13.0. The lowest BCUT2D eigenvalue weighted by Gasteiger charge is -2.31. The van der Waals surface area contributed by atoms with Gasteiger partial charge in [-0.1, -0.05) is 12.1 Å². The highest BCUT2D eigenvalue weighted by Crippen LogP contribution is 2.09. The molecule has 0 saturated carbocycles. The molecule has 0 radical (unpaired) electrons. The number of rotatable bonds is 3. The summed E-state index contributed by atoms with van der Waals surface area (Å²) in [6, 6.07) is 7.87. The van der Waals surface area contributed by atoms with E-state index in [4.69, 9.17) is 5.73 Å². The van der Waals surface area contributed by atoms with E-state index in [2.05, 4.69) is 10.2 Å². The Morgan fingerprint density at radius 2 is 2.19 bits per heavy atom. The molecule has 1 atom stereocenters. The quantitative estimate of drug-likeness (QED) is 0.565. The molecule has 1 aromatic rings. The van der Waals surface area contributed by atoms with E-state index in [9.17, 15) is 4.79 Å². The number of hydrogen-bond donors (Lipinski definition) is 2. The summed E-state index contributed by atoms with van der Waals surface area (Å²) in [7, 11) is 0. The van der Waals surface area contributed by atoms with Gasteiger partial charge < -0.3 is 15.8 Å². The Hall–Kier alpha value is -1.39. The second-order valence-electron chi connectivity index (χ2n) is 4.17. The molecular formula is C12H17N3O. The average molecular weight is 219 g/mol. The van der Waals surface area contributed by atoms with Crippen molar-refractivity contribution in [2.75, 3.05) is 25.4 Å². The zero-order valence-corrected chi connectivity index (χ0v) is 9.23. The minimum atomic E-state index is -0.0254. The largest absolute Gasteiger partial charge is 0.399 e. The topological polar surface area (TPSA) is 58.4 Å². The Kier molecular flexibility index (Phi) is 3.54. The van der Waals surface area contributed by atoms with Crippen LogP contribution in [0.4, 0.5) is 5.69 Å². The molecule has 2 rings (SSSR count). The molecule has 0 spiro atoms. The normalized spacial score (nSPS) is 21.9. The number of nitrogen functional groups attached to an aromatic ring is 1. The number of piperazine rings is 1. The third-order valence-corrected chi connectivity index (χ3v) is 2.84. The molecule has 3 N–H and O–H groups in total. The second-order valence-corrected chi connectivity index (χ2v) is 4.17. The average Bonchev–Trinajstić information content (AvgIpc) is 2.32. The van der Waals surface area contributed by atoms with E-state index in [1.807, 2.05) is 24.3 Å². The van der Waals surface area contributed by atoms with Gasteiger partial charge in [0.15, 0.2) is 0 Å². The van der Waals surface area contributed by atoms with Crippen LogP contribution in [0, 0.1) is 0 Å². The summed E-state index contributed by atoms with van der Waals surface area (Å²) in [5.41, 5.74) is 7.66. The summed E-state index contributed by atoms with van der Waals surface area (Å²) in [6.45, 7) is 3.52. The lowest BCUT2D eigenvalue weighted by Crippen LogP contribution is -2.50. The molecule has 4 nitrogen and oxygen atoms in total. The van der Waals surface area contributed by atoms with E-state index in [1.54, 1.807) is 0 Å². The molecule has 4 heteroatoms. The molecule has 1 aromatic carbocycles. The van der Waals surface area contributed by atoms with Crippen LogP contribution < -0.4 is 11.1 Å². The van der Waals surface area contributed by atoms with Crippen LogP contribution in [0.1, 0.15) is 5.56 Å². The summed E-state index contributed by atoms with van der Waals surface area (Å²) in [6.07, 6.45) is 0.981. The van der Waals surface area contributed by atoms with Crippen LogP contribution in [0.5, 0.6) is 0 Å². The maximum Gasteiger partial charge on any atom is 0.138 e. The number of benzene rings is 1. The number of anilines is 1. The van der Waals surface area contributed by atoms with Crippen molar-refractivity contribution in [3.05, 3.63) is 29.8 Å². The third-order valence-electron chi connectivity index (χ3n) is 2.84. The van der Waals surface area contributed by atoms with Gasteiger partial charge in [-0.15, -0.1) is 0 Å². The lowest BCUT2D eigenvalue weighted by atomic mass is 10.1. The first-order valence-electron chi connectivity index (χ1n) is 5.53. The van der Waals surface area contributed by atoms with Crippen molar-refractivity contribution < 1.29 is 4.79 Å². The summed E-state index contributed by atoms with van der Waals surface area (Å²) < 4.78 is 0. The summed E-state index contributed by atoms with van der Waals surface area (Å²) >= 11 is 0. The monoisotopic (exact) mass is 219 g/mol. The van der Waals surface area contributed by atoms with Crippen LogP contribution in [0.15, 0.2) is 24.3 Å². The van der Waals surface area contributed by atoms with Crippen LogP contribution in [0.2, 0.25) is 0 Å². The first kappa shape index (κ1) is 11.1. The first-order chi connectivity index (χ1) is 7.78. The van der Waals surface area contributed by atoms with E-state index in [0.717, 1.165) is 38.2 Å². The van der Waals surface area contributed by atoms with E-state index in [1.165, 1.54) is 5.56 Å². The fourth-order valence-electron chi connectivity index (χ4n) is 1.96. The third kappa shape index (κ3) is 2.81. The lowest BCUT2D eigenvalue weighted by molar-refractivity contribution is -0.110. The molecule has 1 aliphatic rings. The van der Waals surface area contributed by atoms with Gasteiger partial charge in [-0.05, 0) is 17.7 Å². The number of nitrogens with zero attached hydrogens (tertiary/aromatic N) is 1. The Labute approximate surface area is 95.4 Å². The van der Waals surface area contributed by atoms with Crippen LogP contribution in [0.3, 0.4) is 0 Å². The van der Waals surface area contributed by atoms with Crippen molar-refractivity contribution in [1.29, 1.82) is 0 Å². The fraction of sp³-hybridized carbons (Fsp3) is 0.417. The van der Waals surface area contributed by atoms with Gasteiger partial charge in [-0.2, -0.15) is 0 Å². The zero-order chi connectivity index (χ0) is 11.4. The van der Waals surface area contributed by atoms with E-state index < -0.39 is 0 Å². The molecule has 86 valence electrons. The van der Waals surface area contributed by atoms with Gasteiger partial charge in [-0.25, -0.2) is 0 Å². The predicted molar refractivity (Wildman–Crippen MR) is 64.0 cm³/mol. The SMILES string of the molecule is Nc1ccc(CN2CCNC(C=O)C2)cc1. The standard InChI is InChI=1S/C12H17N3O/c13-11-3-1-10(2-4-11)7-15-6-5-14-12(8-15)9-16/h1-4,9,12,14H,5-8,13H2. The van der Waals surface area contributed by atoms with Crippen LogP contribution >= 0.6 is 0 Å². The van der Waals surface area contributed by atoms with Gasteiger partial charge in [0.1, 0.15) is 6.29 Å². The Morgan fingerprint density at radius 1 is 1.44 bits per heavy atom. The summed E-state index contributed by atoms with van der Waals surface area (Å²) in [5, 5.41) is 3.16. The van der Waals surface area contributed by atoms with Gasteiger partial charge in [-0.3, -0.25) is 4.90 Å². The molecule has 0 amide bonds. The molecule has 0 aromatic heterocycles. The van der Waals surface area contributed by atoms with Crippen molar-refractivity contribution in [3.8, 4) is 0 Å². The smallest absolute Gasteiger partial charge is 0.138 e. The number of carbonyl (C=O) groups excluding carboxylic acids is 1. The van der Waals surface area contributed by atoms with Crippen molar-refractivity contribution in [2.24, 2.45) is 0 Å². The van der Waals surface area contributed by atoms with Crippen molar-refractivity contribution >= 4 is 12.0 Å². The van der Waals surface area contributed by atoms with E-state index in [0.29, 0.717) is 0 Å². The van der Waals surface area contributed by atoms with Gasteiger partial charge >= 0.3 is 0 Å². The molecule has 1 saturated heterocycles. The van der Waals surface area contributed by atoms with E-state index in [-0.39, 0.29) is 6.04 Å². The minimum Gasteiger partial charge on any atom is -0.399 e. The van der Waals surface area contributed by atoms with Crippen molar-refractivity contribution in [3.63, 3.8) is 0 Å². The molecular weight excluding hydrogens is 202 g/mol. The number of nitrogens with two attached hydrogens (primary N) is 1. The highest BCUT2D eigenvalue weighted by molar-refractivity contribution is 5.58. The number of aldehydes is 1. The maximum atomic E-state index is 10.7. The second kappa shape index (κ2) is 5.09. The van der Waals surface area contributed by atoms with Crippen LogP contribution in [0.25, 0.3) is 0 Å². The molecule has 1 heterocycles. The molecule has 1 unspecified atom stereocenters.